The van der Waals surface area contributed by atoms with E-state index < -0.39 is 11.8 Å². The topological polar surface area (TPSA) is 20.2 Å². The monoisotopic (exact) mass is 228 g/mol. The Bertz CT molecular complexity index is 444. The van der Waals surface area contributed by atoms with Crippen LogP contribution in [-0.4, -0.2) is 11.3 Å². The van der Waals surface area contributed by atoms with Gasteiger partial charge in [0.2, 0.25) is 0 Å². The highest BCUT2D eigenvalue weighted by Crippen LogP contribution is 2.39. The van der Waals surface area contributed by atoms with E-state index in [1.54, 1.807) is 6.07 Å². The molecule has 1 atom stereocenters. The van der Waals surface area contributed by atoms with Crippen LogP contribution in [0.4, 0.5) is 13.2 Å². The largest absolute Gasteiger partial charge is 0.421 e. The molecular formula is C12H11F3O. The van der Waals surface area contributed by atoms with E-state index in [4.69, 9.17) is 0 Å². The Labute approximate surface area is 91.2 Å². The molecule has 4 heteroatoms. The molecule has 0 amide bonds. The van der Waals surface area contributed by atoms with Gasteiger partial charge < -0.3 is 5.11 Å². The van der Waals surface area contributed by atoms with Crippen LogP contribution in [0, 0.1) is 0 Å². The quantitative estimate of drug-likeness (QED) is 0.783. The summed E-state index contributed by atoms with van der Waals surface area (Å²) in [4.78, 5) is 0. The summed E-state index contributed by atoms with van der Waals surface area (Å²) in [5.41, 5.74) is -1.16. The molecule has 1 aliphatic carbocycles. The fourth-order valence-corrected chi connectivity index (χ4v) is 1.72. The molecule has 0 saturated heterocycles. The normalized spacial score (nSPS) is 18.3. The third kappa shape index (κ3) is 1.63. The molecule has 1 aliphatic rings. The molecule has 1 aromatic carbocycles. The maximum atomic E-state index is 12.6. The van der Waals surface area contributed by atoms with E-state index in [1.165, 1.54) is 12.1 Å². The number of rotatable bonds is 1. The van der Waals surface area contributed by atoms with Gasteiger partial charge in [-0.2, -0.15) is 13.2 Å². The van der Waals surface area contributed by atoms with Gasteiger partial charge in [-0.05, 0) is 30.0 Å². The van der Waals surface area contributed by atoms with Crippen LogP contribution in [0.1, 0.15) is 23.6 Å². The summed E-state index contributed by atoms with van der Waals surface area (Å²) in [7, 11) is 0. The first-order valence-corrected chi connectivity index (χ1v) is 4.91. The molecule has 0 bridgehead atoms. The lowest BCUT2D eigenvalue weighted by Crippen LogP contribution is -2.39. The van der Waals surface area contributed by atoms with E-state index in [2.05, 4.69) is 0 Å². The van der Waals surface area contributed by atoms with Gasteiger partial charge in [0.1, 0.15) is 0 Å². The zero-order chi connectivity index (χ0) is 12.0. The summed E-state index contributed by atoms with van der Waals surface area (Å²) in [6.45, 7) is 0.775. The van der Waals surface area contributed by atoms with Crippen molar-refractivity contribution in [1.29, 1.82) is 0 Å². The Hall–Kier alpha value is -1.29. The molecule has 2 rings (SSSR count). The number of benzene rings is 1. The first-order valence-electron chi connectivity index (χ1n) is 4.91. The molecule has 0 radical (unpaired) electrons. The molecule has 1 N–H and O–H groups in total. The predicted molar refractivity (Wildman–Crippen MR) is 54.8 cm³/mol. The van der Waals surface area contributed by atoms with Gasteiger partial charge in [-0.25, -0.2) is 0 Å². The Kier molecular flexibility index (Phi) is 2.35. The highest BCUT2D eigenvalue weighted by molar-refractivity contribution is 5.60. The van der Waals surface area contributed by atoms with Crippen LogP contribution in [-0.2, 0) is 12.0 Å². The Balaban J connectivity index is 2.43. The molecule has 0 heterocycles. The smallest absolute Gasteiger partial charge is 0.376 e. The fourth-order valence-electron chi connectivity index (χ4n) is 1.72. The van der Waals surface area contributed by atoms with E-state index in [1.807, 2.05) is 12.2 Å². The van der Waals surface area contributed by atoms with E-state index in [-0.39, 0.29) is 5.56 Å². The number of hydrogen-bond acceptors (Lipinski definition) is 1. The molecule has 1 nitrogen and oxygen atoms in total. The Morgan fingerprint density at radius 1 is 1.25 bits per heavy atom. The second kappa shape index (κ2) is 3.35. The zero-order valence-corrected chi connectivity index (χ0v) is 8.67. The van der Waals surface area contributed by atoms with Crippen molar-refractivity contribution >= 4 is 6.08 Å². The highest BCUT2D eigenvalue weighted by Gasteiger charge is 2.51. The van der Waals surface area contributed by atoms with Gasteiger partial charge in [-0.3, -0.25) is 0 Å². The lowest BCUT2D eigenvalue weighted by molar-refractivity contribution is -0.258. The molecule has 0 spiro atoms. The molecular weight excluding hydrogens is 217 g/mol. The zero-order valence-electron chi connectivity index (χ0n) is 8.67. The minimum Gasteiger partial charge on any atom is -0.376 e. The van der Waals surface area contributed by atoms with E-state index in [0.29, 0.717) is 6.42 Å². The second-order valence-electron chi connectivity index (χ2n) is 4.09. The summed E-state index contributed by atoms with van der Waals surface area (Å²) >= 11 is 0. The minimum atomic E-state index is -4.66. The number of allylic oxidation sites excluding steroid dienone is 1. The van der Waals surface area contributed by atoms with Crippen LogP contribution in [0.15, 0.2) is 24.3 Å². The standard InChI is InChI=1S/C12H11F3O/c1-11(16,12(13,14)15)10-6-5-8-3-2-4-9(8)7-10/h2-3,5-7,16H,4H2,1H3. The van der Waals surface area contributed by atoms with Gasteiger partial charge in [0, 0.05) is 0 Å². The Morgan fingerprint density at radius 2 is 1.94 bits per heavy atom. The summed E-state index contributed by atoms with van der Waals surface area (Å²) < 4.78 is 37.8. The van der Waals surface area contributed by atoms with Crippen LogP contribution < -0.4 is 0 Å². The van der Waals surface area contributed by atoms with Crippen molar-refractivity contribution in [2.75, 3.05) is 0 Å². The third-order valence-corrected chi connectivity index (χ3v) is 2.89. The predicted octanol–water partition coefficient (Wildman–Crippen LogP) is 3.03. The molecule has 16 heavy (non-hydrogen) atoms. The van der Waals surface area contributed by atoms with E-state index in [0.717, 1.165) is 18.1 Å². The minimum absolute atomic E-state index is 0.109. The van der Waals surface area contributed by atoms with Gasteiger partial charge in [-0.15, -0.1) is 0 Å². The molecule has 1 unspecified atom stereocenters. The van der Waals surface area contributed by atoms with Crippen molar-refractivity contribution in [2.24, 2.45) is 0 Å². The second-order valence-corrected chi connectivity index (χ2v) is 4.09. The Morgan fingerprint density at radius 3 is 2.56 bits per heavy atom. The summed E-state index contributed by atoms with van der Waals surface area (Å²) in [5.74, 6) is 0. The van der Waals surface area contributed by atoms with Crippen molar-refractivity contribution in [1.82, 2.24) is 0 Å². The molecule has 1 aromatic rings. The van der Waals surface area contributed by atoms with Crippen LogP contribution in [0.2, 0.25) is 0 Å². The average Bonchev–Trinajstić information content (AvgIpc) is 2.61. The van der Waals surface area contributed by atoms with Crippen LogP contribution >= 0.6 is 0 Å². The van der Waals surface area contributed by atoms with Gasteiger partial charge in [0.25, 0.3) is 0 Å². The summed E-state index contributed by atoms with van der Waals surface area (Å²) in [6, 6.07) is 4.35. The highest BCUT2D eigenvalue weighted by atomic mass is 19.4. The number of fused-ring (bicyclic) bond motifs is 1. The summed E-state index contributed by atoms with van der Waals surface area (Å²) in [5, 5.41) is 9.51. The van der Waals surface area contributed by atoms with Crippen molar-refractivity contribution < 1.29 is 18.3 Å². The average molecular weight is 228 g/mol. The maximum absolute atomic E-state index is 12.6. The van der Waals surface area contributed by atoms with Crippen molar-refractivity contribution in [3.8, 4) is 0 Å². The van der Waals surface area contributed by atoms with Crippen molar-refractivity contribution in [2.45, 2.75) is 25.1 Å². The molecule has 0 aromatic heterocycles. The number of halogens is 3. The van der Waals surface area contributed by atoms with E-state index >= 15 is 0 Å². The van der Waals surface area contributed by atoms with Gasteiger partial charge in [0.05, 0.1) is 0 Å². The first kappa shape index (κ1) is 11.2. The lowest BCUT2D eigenvalue weighted by atomic mass is 9.92. The molecule has 86 valence electrons. The van der Waals surface area contributed by atoms with Crippen LogP contribution in [0.3, 0.4) is 0 Å². The molecule has 0 aliphatic heterocycles. The number of aliphatic hydroxyl groups is 1. The van der Waals surface area contributed by atoms with Crippen molar-refractivity contribution in [3.05, 3.63) is 41.0 Å². The number of hydrogen-bond donors (Lipinski definition) is 1. The molecule has 0 saturated carbocycles. The van der Waals surface area contributed by atoms with Crippen LogP contribution in [0.5, 0.6) is 0 Å². The third-order valence-electron chi connectivity index (χ3n) is 2.89. The van der Waals surface area contributed by atoms with Crippen molar-refractivity contribution in [3.63, 3.8) is 0 Å². The fraction of sp³-hybridized carbons (Fsp3) is 0.333. The van der Waals surface area contributed by atoms with Gasteiger partial charge >= 0.3 is 6.18 Å². The van der Waals surface area contributed by atoms with Gasteiger partial charge in [0.15, 0.2) is 5.60 Å². The first-order chi connectivity index (χ1) is 7.32. The maximum Gasteiger partial charge on any atom is 0.421 e. The van der Waals surface area contributed by atoms with E-state index in [9.17, 15) is 18.3 Å². The van der Waals surface area contributed by atoms with Crippen LogP contribution in [0.25, 0.3) is 6.08 Å². The number of alkyl halides is 3. The molecule has 0 fully saturated rings. The summed E-state index contributed by atoms with van der Waals surface area (Å²) in [6.07, 6.45) is -0.289. The SMILES string of the molecule is CC(O)(c1ccc2c(c1)CC=C2)C(F)(F)F. The lowest BCUT2D eigenvalue weighted by Gasteiger charge is -2.27. The van der Waals surface area contributed by atoms with Gasteiger partial charge in [-0.1, -0.05) is 30.4 Å².